The molecule has 0 aromatic heterocycles. The Balaban J connectivity index is 0.000000357. The Labute approximate surface area is 284 Å². The third-order valence-corrected chi connectivity index (χ3v) is 8.26. The molecule has 4 aromatic rings. The van der Waals surface area contributed by atoms with Crippen molar-refractivity contribution >= 4 is 3.71 Å². The summed E-state index contributed by atoms with van der Waals surface area (Å²) in [5.41, 5.74) is 13.2. The van der Waals surface area contributed by atoms with Crippen molar-refractivity contribution in [3.63, 3.8) is 0 Å². The summed E-state index contributed by atoms with van der Waals surface area (Å²) in [6.45, 7) is 20.1. The fraction of sp³-hybridized carbons (Fsp3) is 0.351. The molecule has 0 nitrogen and oxygen atoms in total. The molecule has 0 N–H and O–H groups in total. The molecule has 0 heterocycles. The molecule has 6 heteroatoms. The van der Waals surface area contributed by atoms with Crippen molar-refractivity contribution < 1.29 is 62.2 Å². The van der Waals surface area contributed by atoms with Gasteiger partial charge in [0, 0.05) is 0 Å². The van der Waals surface area contributed by atoms with Crippen molar-refractivity contribution in [1.29, 1.82) is 0 Å². The van der Waals surface area contributed by atoms with Crippen LogP contribution in [0.15, 0.2) is 66.7 Å². The van der Waals surface area contributed by atoms with Gasteiger partial charge in [0.25, 0.3) is 0 Å². The molecule has 1 aliphatic rings. The monoisotopic (exact) mass is 702 g/mol. The minimum Gasteiger partial charge on any atom is -1.00 e. The topological polar surface area (TPSA) is 0 Å². The van der Waals surface area contributed by atoms with E-state index >= 15 is 0 Å². The summed E-state index contributed by atoms with van der Waals surface area (Å²) in [4.78, 5) is 0. The number of alkyl halides is 3. The molecule has 43 heavy (non-hydrogen) atoms. The molecule has 230 valence electrons. The van der Waals surface area contributed by atoms with Gasteiger partial charge < -0.3 is 24.8 Å². The van der Waals surface area contributed by atoms with E-state index in [4.69, 9.17) is 0 Å². The molecule has 4 aromatic carbocycles. The van der Waals surface area contributed by atoms with Crippen molar-refractivity contribution in [3.8, 4) is 11.1 Å². The Morgan fingerprint density at radius 3 is 1.70 bits per heavy atom. The Morgan fingerprint density at radius 2 is 1.28 bits per heavy atom. The van der Waals surface area contributed by atoms with Crippen LogP contribution >= 0.6 is 0 Å². The van der Waals surface area contributed by atoms with Crippen LogP contribution in [0.1, 0.15) is 91.6 Å². The van der Waals surface area contributed by atoms with Crippen LogP contribution in [0.3, 0.4) is 0 Å². The molecule has 0 amide bonds. The van der Waals surface area contributed by atoms with Gasteiger partial charge in [-0.3, -0.25) is 0 Å². The molecule has 0 aliphatic heterocycles. The number of fused-ring (bicyclic) bond motifs is 3. The minimum absolute atomic E-state index is 0. The predicted octanol–water partition coefficient (Wildman–Crippen LogP) is 4.39. The van der Waals surface area contributed by atoms with Gasteiger partial charge >= 0.3 is 82.7 Å². The third-order valence-electron chi connectivity index (χ3n) is 7.44. The van der Waals surface area contributed by atoms with Crippen LogP contribution in [0.4, 0.5) is 13.2 Å². The second-order valence-electron chi connectivity index (χ2n) is 13.0. The molecule has 0 saturated heterocycles. The van der Waals surface area contributed by atoms with E-state index < -0.39 is 11.7 Å². The second-order valence-corrected chi connectivity index (χ2v) is 13.7. The Hall–Kier alpha value is -1.87. The van der Waals surface area contributed by atoms with Crippen LogP contribution in [0.25, 0.3) is 11.1 Å². The van der Waals surface area contributed by atoms with Gasteiger partial charge in [0.15, 0.2) is 0 Å². The van der Waals surface area contributed by atoms with Crippen molar-refractivity contribution in [1.82, 2.24) is 0 Å². The predicted molar refractivity (Wildman–Crippen MR) is 164 cm³/mol. The quantitative estimate of drug-likeness (QED) is 0.227. The molecular weight excluding hydrogens is 664 g/mol. The second kappa shape index (κ2) is 15.4. The Morgan fingerprint density at radius 1 is 0.744 bits per heavy atom. The van der Waals surface area contributed by atoms with Gasteiger partial charge in [-0.25, -0.2) is 6.07 Å². The zero-order valence-corrected chi connectivity index (χ0v) is 30.5. The van der Waals surface area contributed by atoms with Crippen LogP contribution < -0.4 is 24.8 Å². The largest absolute Gasteiger partial charge is 1.00 e. The van der Waals surface area contributed by atoms with Gasteiger partial charge in [0.2, 0.25) is 0 Å². The van der Waals surface area contributed by atoms with E-state index in [9.17, 15) is 13.2 Å². The maximum Gasteiger partial charge on any atom is -1.00 e. The molecule has 0 fully saturated rings. The normalized spacial score (nSPS) is 11.9. The molecule has 5 rings (SSSR count). The first-order valence-corrected chi connectivity index (χ1v) is 15.4. The van der Waals surface area contributed by atoms with E-state index in [1.165, 1.54) is 86.4 Å². The molecule has 0 bridgehead atoms. The standard InChI is InChI=1S/C21H25.C8H5F3.C8H11.2ClH.Zr/c1-20(2,3)16-9-7-14-11-15-8-10-17(21(4,5)6)13-19(15)18(14)12-16;1-6-2-4-7(5-3-6)8(9,10)11;1-6-4-7(2)8(3)5-6;;;/h7,9-10,12-13H,11H2,1-6H3;1-5H;4-5H,1-3H3;2*1H;/q-1;;-1;;;+2/p-2. The molecule has 0 radical (unpaired) electrons. The molecular formula is C37H41Cl2F3Zr-2. The SMILES string of the molecule is CC(C)(C)c1c[c-]c2c(c1)-c1cc(C(C)(C)C)ccc1C2.Cc1cc(C)c(C)[cH-]1.FC(F)(F)c1ccc([CH]=[Zr+2])cc1.[Cl-].[Cl-]. The van der Waals surface area contributed by atoms with Crippen LogP contribution in [-0.4, -0.2) is 3.71 Å². The first-order chi connectivity index (χ1) is 18.9. The Bertz CT molecular complexity index is 1420. The number of hydrogen-bond donors (Lipinski definition) is 0. The number of hydrogen-bond acceptors (Lipinski definition) is 0. The average molecular weight is 705 g/mol. The van der Waals surface area contributed by atoms with Crippen LogP contribution in [0, 0.1) is 26.8 Å². The molecule has 0 atom stereocenters. The summed E-state index contributed by atoms with van der Waals surface area (Å²) in [7, 11) is 0. The fourth-order valence-corrected chi connectivity index (χ4v) is 5.18. The van der Waals surface area contributed by atoms with Gasteiger partial charge in [0.05, 0.1) is 0 Å². The van der Waals surface area contributed by atoms with Gasteiger partial charge in [-0.05, 0) is 17.4 Å². The van der Waals surface area contributed by atoms with Gasteiger partial charge in [-0.2, -0.15) is 52.1 Å². The van der Waals surface area contributed by atoms with Gasteiger partial charge in [-0.15, -0.1) is 5.56 Å². The summed E-state index contributed by atoms with van der Waals surface area (Å²) >= 11 is 1.18. The zero-order chi connectivity index (χ0) is 30.8. The van der Waals surface area contributed by atoms with Crippen LogP contribution in [0.5, 0.6) is 0 Å². The summed E-state index contributed by atoms with van der Waals surface area (Å²) in [5.74, 6) is 0. The first-order valence-electron chi connectivity index (χ1n) is 14.0. The van der Waals surface area contributed by atoms with E-state index in [2.05, 4.69) is 111 Å². The van der Waals surface area contributed by atoms with E-state index in [0.717, 1.165) is 24.1 Å². The minimum atomic E-state index is -4.22. The van der Waals surface area contributed by atoms with E-state index in [1.54, 1.807) is 0 Å². The number of benzene rings is 3. The summed E-state index contributed by atoms with van der Waals surface area (Å²) in [6.07, 6.45) is -3.20. The zero-order valence-electron chi connectivity index (χ0n) is 26.5. The van der Waals surface area contributed by atoms with E-state index in [0.29, 0.717) is 0 Å². The molecule has 1 aliphatic carbocycles. The van der Waals surface area contributed by atoms with E-state index in [1.807, 2.05) is 3.71 Å². The Kier molecular flexibility index (Phi) is 14.0. The van der Waals surface area contributed by atoms with Crippen molar-refractivity contribution in [2.24, 2.45) is 0 Å². The van der Waals surface area contributed by atoms with Crippen molar-refractivity contribution in [2.45, 2.75) is 85.7 Å². The fourth-order valence-electron chi connectivity index (χ4n) is 4.71. The number of rotatable bonds is 1. The molecule has 0 saturated carbocycles. The van der Waals surface area contributed by atoms with E-state index in [-0.39, 0.29) is 35.6 Å². The summed E-state index contributed by atoms with van der Waals surface area (Å²) in [6, 6.07) is 24.6. The maximum absolute atomic E-state index is 12.0. The van der Waals surface area contributed by atoms with Crippen molar-refractivity contribution in [2.75, 3.05) is 0 Å². The summed E-state index contributed by atoms with van der Waals surface area (Å²) in [5, 5.41) is 0. The summed E-state index contributed by atoms with van der Waals surface area (Å²) < 4.78 is 37.9. The smallest absolute Gasteiger partial charge is 1.00 e. The van der Waals surface area contributed by atoms with Crippen molar-refractivity contribution in [3.05, 3.63) is 123 Å². The average Bonchev–Trinajstić information content (AvgIpc) is 3.39. The van der Waals surface area contributed by atoms with Gasteiger partial charge in [0.1, 0.15) is 0 Å². The van der Waals surface area contributed by atoms with Crippen LogP contribution in [-0.2, 0) is 47.7 Å². The van der Waals surface area contributed by atoms with Gasteiger partial charge in [-0.1, -0.05) is 97.1 Å². The molecule has 0 unspecified atom stereocenters. The molecule has 0 spiro atoms. The number of aryl methyl sites for hydroxylation is 3. The number of halogens is 5. The third kappa shape index (κ3) is 10.6. The van der Waals surface area contributed by atoms with Crippen LogP contribution in [0.2, 0.25) is 0 Å². The maximum atomic E-state index is 12.0. The first kappa shape index (κ1) is 39.2.